The van der Waals surface area contributed by atoms with E-state index in [1.54, 1.807) is 18.2 Å². The zero-order valence-electron chi connectivity index (χ0n) is 5.81. The summed E-state index contributed by atoms with van der Waals surface area (Å²) < 4.78 is 0. The molecule has 0 radical (unpaired) electrons. The summed E-state index contributed by atoms with van der Waals surface area (Å²) in [4.78, 5) is 9.59. The number of hydrogen-bond donors (Lipinski definition) is 0. The first-order valence-electron chi connectivity index (χ1n) is 2.81. The molecule has 0 heterocycles. The van der Waals surface area contributed by atoms with Crippen molar-refractivity contribution in [3.05, 3.63) is 40.4 Å². The topological polar surface area (TPSA) is 43.1 Å². The Morgan fingerprint density at radius 2 is 1.67 bits per heavy atom. The van der Waals surface area contributed by atoms with Crippen molar-refractivity contribution in [1.29, 1.82) is 0 Å². The molecule has 0 aliphatic rings. The first kappa shape index (κ1) is 11.6. The number of para-hydroxylation sites is 1. The Balaban J connectivity index is 0.000000354. The number of halogens is 2. The molecule has 0 atom stereocenters. The lowest BCUT2D eigenvalue weighted by Crippen LogP contribution is -1.84. The largest absolute Gasteiger partial charge is 0.269 e. The molecule has 1 aromatic carbocycles. The molecule has 0 spiro atoms. The molecule has 0 aromatic heterocycles. The summed E-state index contributed by atoms with van der Waals surface area (Å²) in [6.45, 7) is 0. The molecule has 12 heavy (non-hydrogen) atoms. The third-order valence-electron chi connectivity index (χ3n) is 0.967. The predicted molar refractivity (Wildman–Crippen MR) is 52.4 cm³/mol. The summed E-state index contributed by atoms with van der Waals surface area (Å²) >= 11 is 0. The number of hydrogen-bond acceptors (Lipinski definition) is 3. The van der Waals surface area contributed by atoms with E-state index in [2.05, 4.69) is 21.4 Å². The highest BCUT2D eigenvalue weighted by Gasteiger charge is 1.98. The minimum absolute atomic E-state index is 0.137. The van der Waals surface area contributed by atoms with E-state index in [-0.39, 0.29) is 5.69 Å². The Morgan fingerprint density at radius 3 is 1.92 bits per heavy atom. The van der Waals surface area contributed by atoms with Crippen LogP contribution in [0.5, 0.6) is 0 Å². The lowest BCUT2D eigenvalue weighted by molar-refractivity contribution is -0.384. The summed E-state index contributed by atoms with van der Waals surface area (Å²) in [7, 11) is 10.1. The highest BCUT2D eigenvalue weighted by molar-refractivity contribution is 8.38. The van der Waals surface area contributed by atoms with Gasteiger partial charge in [-0.15, -0.1) is 0 Å². The Morgan fingerprint density at radius 1 is 1.25 bits per heavy atom. The number of nitrogens with zero attached hydrogens (tertiary/aromatic N) is 1. The van der Waals surface area contributed by atoms with Crippen LogP contribution in [0.15, 0.2) is 30.3 Å². The van der Waals surface area contributed by atoms with E-state index >= 15 is 0 Å². The highest BCUT2D eigenvalue weighted by Crippen LogP contribution is 2.08. The standard InChI is InChI=1S/C6H5NO2.Cl2S/c8-7(9)6-4-2-1-3-5-6;1-3-2/h1-5H;/i1+1,2+1,3+1,4+1,5+1,6+1;. The van der Waals surface area contributed by atoms with Crippen LogP contribution < -0.4 is 0 Å². The lowest BCUT2D eigenvalue weighted by atomic mass is 11.3. The molecule has 0 unspecified atom stereocenters. The second kappa shape index (κ2) is 7.21. The van der Waals surface area contributed by atoms with Crippen LogP contribution in [-0.2, 0) is 0 Å². The van der Waals surface area contributed by atoms with Gasteiger partial charge in [0.1, 0.15) is 0 Å². The molecule has 1 aromatic rings. The second-order valence-corrected chi connectivity index (χ2v) is 3.17. The van der Waals surface area contributed by atoms with Crippen molar-refractivity contribution in [2.24, 2.45) is 0 Å². The molecule has 0 aliphatic carbocycles. The van der Waals surface area contributed by atoms with Gasteiger partial charge < -0.3 is 0 Å². The van der Waals surface area contributed by atoms with E-state index in [4.69, 9.17) is 0 Å². The molecule has 0 N–H and O–H groups in total. The van der Waals surface area contributed by atoms with E-state index in [0.29, 0.717) is 10.2 Å². The first-order valence-corrected chi connectivity index (χ1v) is 5.28. The fourth-order valence-electron chi connectivity index (χ4n) is 0.550. The van der Waals surface area contributed by atoms with Gasteiger partial charge in [0.2, 0.25) is 0 Å². The molecule has 6 heteroatoms. The molecule has 66 valence electrons. The van der Waals surface area contributed by atoms with Crippen molar-refractivity contribution >= 4 is 37.2 Å². The maximum atomic E-state index is 10.0. The van der Waals surface area contributed by atoms with Crippen molar-refractivity contribution in [2.75, 3.05) is 0 Å². The van der Waals surface area contributed by atoms with Crippen molar-refractivity contribution in [2.45, 2.75) is 0 Å². The smallest absolute Gasteiger partial charge is 0.258 e. The third kappa shape index (κ3) is 5.23. The fraction of sp³-hybridized carbons (Fsp3) is 0. The Bertz CT molecular complexity index is 232. The van der Waals surface area contributed by atoms with Gasteiger partial charge >= 0.3 is 0 Å². The predicted octanol–water partition coefficient (Wildman–Crippen LogP) is 3.62. The summed E-state index contributed by atoms with van der Waals surface area (Å²) in [5.74, 6) is 0. The molecule has 0 fully saturated rings. The van der Waals surface area contributed by atoms with Crippen molar-refractivity contribution in [3.63, 3.8) is 0 Å². The molecule has 0 saturated heterocycles. The number of non-ortho nitro benzene ring substituents is 1. The fourth-order valence-corrected chi connectivity index (χ4v) is 0.550. The van der Waals surface area contributed by atoms with Crippen LogP contribution in [0, 0.1) is 10.1 Å². The van der Waals surface area contributed by atoms with Crippen LogP contribution in [0.2, 0.25) is 0 Å². The summed E-state index contributed by atoms with van der Waals surface area (Å²) in [5, 5.41) is 10.0. The molecule has 3 nitrogen and oxygen atoms in total. The quantitative estimate of drug-likeness (QED) is 0.548. The average molecular weight is 232 g/mol. The number of nitro groups is 1. The minimum atomic E-state index is -0.417. The van der Waals surface area contributed by atoms with Gasteiger partial charge in [0.25, 0.3) is 5.69 Å². The lowest BCUT2D eigenvalue weighted by Gasteiger charge is -1.85. The van der Waals surface area contributed by atoms with Crippen LogP contribution in [0.1, 0.15) is 0 Å². The van der Waals surface area contributed by atoms with Gasteiger partial charge in [-0.1, -0.05) is 18.2 Å². The van der Waals surface area contributed by atoms with E-state index in [9.17, 15) is 10.1 Å². The second-order valence-electron chi connectivity index (χ2n) is 1.65. The minimum Gasteiger partial charge on any atom is -0.258 e. The summed E-state index contributed by atoms with van der Waals surface area (Å²) in [6, 6.07) is 7.93. The Kier molecular flexibility index (Phi) is 6.94. The maximum Gasteiger partial charge on any atom is 0.269 e. The van der Waals surface area contributed by atoms with Gasteiger partial charge in [0, 0.05) is 12.1 Å². The Hall–Kier alpha value is -0.450. The van der Waals surface area contributed by atoms with Gasteiger partial charge in [-0.05, 0) is 21.4 Å². The summed E-state index contributed by atoms with van der Waals surface area (Å²) in [6.07, 6.45) is 0. The van der Waals surface area contributed by atoms with Gasteiger partial charge in [-0.25, -0.2) is 0 Å². The highest BCUT2D eigenvalue weighted by atomic mass is 36.0. The normalized spacial score (nSPS) is 8.17. The Labute approximate surface area is 82.8 Å². The molecule has 0 saturated carbocycles. The van der Waals surface area contributed by atoms with Crippen LogP contribution >= 0.6 is 31.6 Å². The van der Waals surface area contributed by atoms with Crippen LogP contribution in [-0.4, -0.2) is 4.92 Å². The van der Waals surface area contributed by atoms with E-state index in [1.807, 2.05) is 0 Å². The average Bonchev–Trinajstić information content (AvgIpc) is 2.07. The maximum absolute atomic E-state index is 10.0. The zero-order valence-corrected chi connectivity index (χ0v) is 8.14. The van der Waals surface area contributed by atoms with E-state index < -0.39 is 4.92 Å². The molecular weight excluding hydrogens is 227 g/mol. The first-order chi connectivity index (χ1) is 5.72. The van der Waals surface area contributed by atoms with Gasteiger partial charge in [0.15, 0.2) is 0 Å². The van der Waals surface area contributed by atoms with Crippen LogP contribution in [0.3, 0.4) is 0 Å². The number of rotatable bonds is 1. The monoisotopic (exact) mass is 231 g/mol. The molecular formula is C6H5Cl2NO2S. The van der Waals surface area contributed by atoms with E-state index in [0.717, 1.165) is 0 Å². The van der Waals surface area contributed by atoms with Gasteiger partial charge in [-0.3, -0.25) is 10.1 Å². The zero-order chi connectivity index (χ0) is 9.40. The van der Waals surface area contributed by atoms with Gasteiger partial charge in [0.05, 0.1) is 15.1 Å². The van der Waals surface area contributed by atoms with Crippen molar-refractivity contribution < 1.29 is 4.92 Å². The van der Waals surface area contributed by atoms with Crippen LogP contribution in [0.4, 0.5) is 5.69 Å². The SMILES string of the molecule is ClSCl.O=[N+]([O-])[13c]1[13cH][13cH][13cH][13cH][13cH]1. The number of benzene rings is 1. The molecule has 1 rings (SSSR count). The van der Waals surface area contributed by atoms with Crippen molar-refractivity contribution in [3.8, 4) is 0 Å². The molecule has 0 bridgehead atoms. The molecule has 0 aliphatic heterocycles. The van der Waals surface area contributed by atoms with E-state index in [1.165, 1.54) is 12.1 Å². The third-order valence-corrected chi connectivity index (χ3v) is 0.967. The molecule has 0 amide bonds. The van der Waals surface area contributed by atoms with Gasteiger partial charge in [-0.2, -0.15) is 0 Å². The van der Waals surface area contributed by atoms with Crippen LogP contribution in [0.25, 0.3) is 0 Å². The van der Waals surface area contributed by atoms with Crippen molar-refractivity contribution in [1.82, 2.24) is 0 Å². The number of nitro benzene ring substituents is 1. The summed E-state index contributed by atoms with van der Waals surface area (Å²) in [5.41, 5.74) is 0.137.